The van der Waals surface area contributed by atoms with Gasteiger partial charge in [0, 0.05) is 18.0 Å². The smallest absolute Gasteiger partial charge is 0.251 e. The minimum absolute atomic E-state index is 0.0993. The lowest BCUT2D eigenvalue weighted by Crippen LogP contribution is -2.22. The molecule has 2 aromatic heterocycles. The molecule has 0 aliphatic heterocycles. The molecule has 0 radical (unpaired) electrons. The molecule has 0 spiro atoms. The van der Waals surface area contributed by atoms with Crippen molar-refractivity contribution in [2.45, 2.75) is 19.9 Å². The molecule has 2 heterocycles. The number of hydrogen-bond donors (Lipinski definition) is 1. The third kappa shape index (κ3) is 3.12. The molecule has 112 valence electrons. The maximum atomic E-state index is 12.1. The van der Waals surface area contributed by atoms with Gasteiger partial charge in [0.15, 0.2) is 0 Å². The van der Waals surface area contributed by atoms with Gasteiger partial charge in [-0.15, -0.1) is 0 Å². The van der Waals surface area contributed by atoms with Crippen molar-refractivity contribution >= 4 is 23.2 Å². The monoisotopic (exact) mass is 313 g/mol. The number of carbonyl (C=O) groups is 1. The van der Waals surface area contributed by atoms with Crippen molar-refractivity contribution in [2.75, 3.05) is 0 Å². The SMILES string of the molecule is CCc1ccc(C(=O)NCc2cn3cc(Cl)ccc3n2)cc1. The first-order valence-electron chi connectivity index (χ1n) is 7.16. The fourth-order valence-corrected chi connectivity index (χ4v) is 2.44. The summed E-state index contributed by atoms with van der Waals surface area (Å²) in [6.07, 6.45) is 4.62. The Morgan fingerprint density at radius 3 is 2.68 bits per heavy atom. The van der Waals surface area contributed by atoms with E-state index in [9.17, 15) is 4.79 Å². The van der Waals surface area contributed by atoms with Crippen molar-refractivity contribution in [3.8, 4) is 0 Å². The van der Waals surface area contributed by atoms with E-state index in [0.29, 0.717) is 17.1 Å². The van der Waals surface area contributed by atoms with Gasteiger partial charge in [-0.05, 0) is 36.2 Å². The van der Waals surface area contributed by atoms with Crippen LogP contribution in [0.3, 0.4) is 0 Å². The van der Waals surface area contributed by atoms with E-state index in [1.807, 2.05) is 40.9 Å². The minimum Gasteiger partial charge on any atom is -0.346 e. The number of imidazole rings is 1. The first-order valence-corrected chi connectivity index (χ1v) is 7.54. The van der Waals surface area contributed by atoms with Gasteiger partial charge in [0.2, 0.25) is 0 Å². The van der Waals surface area contributed by atoms with E-state index in [1.165, 1.54) is 5.56 Å². The summed E-state index contributed by atoms with van der Waals surface area (Å²) in [5.41, 5.74) is 3.47. The van der Waals surface area contributed by atoms with Crippen LogP contribution in [-0.2, 0) is 13.0 Å². The fraction of sp³-hybridized carbons (Fsp3) is 0.176. The summed E-state index contributed by atoms with van der Waals surface area (Å²) >= 11 is 5.94. The van der Waals surface area contributed by atoms with Crippen molar-refractivity contribution in [1.29, 1.82) is 0 Å². The maximum Gasteiger partial charge on any atom is 0.251 e. The molecule has 0 aliphatic rings. The molecule has 5 heteroatoms. The molecule has 22 heavy (non-hydrogen) atoms. The van der Waals surface area contributed by atoms with E-state index in [4.69, 9.17) is 11.6 Å². The minimum atomic E-state index is -0.0993. The molecule has 1 aromatic carbocycles. The van der Waals surface area contributed by atoms with Gasteiger partial charge in [0.05, 0.1) is 17.3 Å². The number of amides is 1. The van der Waals surface area contributed by atoms with Crippen molar-refractivity contribution in [3.05, 3.63) is 70.6 Å². The summed E-state index contributed by atoms with van der Waals surface area (Å²) in [5, 5.41) is 3.53. The zero-order valence-electron chi connectivity index (χ0n) is 12.2. The van der Waals surface area contributed by atoms with Crippen LogP contribution in [0.15, 0.2) is 48.8 Å². The second-order valence-corrected chi connectivity index (χ2v) is 5.51. The fourth-order valence-electron chi connectivity index (χ4n) is 2.27. The number of aryl methyl sites for hydroxylation is 1. The lowest BCUT2D eigenvalue weighted by Gasteiger charge is -2.04. The number of rotatable bonds is 4. The second-order valence-electron chi connectivity index (χ2n) is 5.08. The normalized spacial score (nSPS) is 10.8. The summed E-state index contributed by atoms with van der Waals surface area (Å²) in [5.74, 6) is -0.0993. The molecule has 1 N–H and O–H groups in total. The van der Waals surface area contributed by atoms with E-state index < -0.39 is 0 Å². The highest BCUT2D eigenvalue weighted by molar-refractivity contribution is 6.30. The van der Waals surface area contributed by atoms with Gasteiger partial charge in [0.25, 0.3) is 5.91 Å². The molecule has 0 unspecified atom stereocenters. The van der Waals surface area contributed by atoms with Crippen LogP contribution in [-0.4, -0.2) is 15.3 Å². The van der Waals surface area contributed by atoms with Gasteiger partial charge < -0.3 is 9.72 Å². The van der Waals surface area contributed by atoms with Crippen molar-refractivity contribution < 1.29 is 4.79 Å². The molecule has 3 rings (SSSR count). The Morgan fingerprint density at radius 2 is 1.95 bits per heavy atom. The van der Waals surface area contributed by atoms with Gasteiger partial charge >= 0.3 is 0 Å². The van der Waals surface area contributed by atoms with Gasteiger partial charge in [-0.1, -0.05) is 30.7 Å². The van der Waals surface area contributed by atoms with Crippen molar-refractivity contribution in [1.82, 2.24) is 14.7 Å². The Balaban J connectivity index is 1.68. The quantitative estimate of drug-likeness (QED) is 0.801. The summed E-state index contributed by atoms with van der Waals surface area (Å²) in [6.45, 7) is 2.47. The molecule has 1 amide bonds. The molecule has 0 aliphatic carbocycles. The van der Waals surface area contributed by atoms with E-state index in [1.54, 1.807) is 12.3 Å². The lowest BCUT2D eigenvalue weighted by molar-refractivity contribution is 0.0950. The lowest BCUT2D eigenvalue weighted by atomic mass is 10.1. The zero-order valence-corrected chi connectivity index (χ0v) is 13.0. The predicted octanol–water partition coefficient (Wildman–Crippen LogP) is 3.48. The summed E-state index contributed by atoms with van der Waals surface area (Å²) in [7, 11) is 0. The summed E-state index contributed by atoms with van der Waals surface area (Å²) < 4.78 is 1.85. The van der Waals surface area contributed by atoms with Crippen LogP contribution in [0.5, 0.6) is 0 Å². The van der Waals surface area contributed by atoms with E-state index in [-0.39, 0.29) is 5.91 Å². The highest BCUT2D eigenvalue weighted by Gasteiger charge is 2.07. The molecule has 0 fully saturated rings. The summed E-state index contributed by atoms with van der Waals surface area (Å²) in [6, 6.07) is 11.3. The molecule has 0 saturated heterocycles. The number of fused-ring (bicyclic) bond motifs is 1. The Hall–Kier alpha value is -2.33. The second kappa shape index (κ2) is 6.20. The Kier molecular flexibility index (Phi) is 4.11. The standard InChI is InChI=1S/C17H16ClN3O/c1-2-12-3-5-13(6-4-12)17(22)19-9-15-11-21-10-14(18)7-8-16(21)20-15/h3-8,10-11H,2,9H2,1H3,(H,19,22). The van der Waals surface area contributed by atoms with Crippen LogP contribution >= 0.6 is 11.6 Å². The number of aromatic nitrogens is 2. The van der Waals surface area contributed by atoms with Crippen LogP contribution in [0, 0.1) is 0 Å². The highest BCUT2D eigenvalue weighted by atomic mass is 35.5. The van der Waals surface area contributed by atoms with E-state index in [2.05, 4.69) is 17.2 Å². The summed E-state index contributed by atoms with van der Waals surface area (Å²) in [4.78, 5) is 16.6. The maximum absolute atomic E-state index is 12.1. The Labute approximate surface area is 133 Å². The van der Waals surface area contributed by atoms with Crippen molar-refractivity contribution in [2.24, 2.45) is 0 Å². The number of nitrogens with zero attached hydrogens (tertiary/aromatic N) is 2. The number of hydrogen-bond acceptors (Lipinski definition) is 2. The third-order valence-electron chi connectivity index (χ3n) is 3.52. The average molecular weight is 314 g/mol. The number of nitrogens with one attached hydrogen (secondary N) is 1. The number of pyridine rings is 1. The van der Waals surface area contributed by atoms with Crippen LogP contribution in [0.4, 0.5) is 0 Å². The van der Waals surface area contributed by atoms with Gasteiger partial charge in [-0.2, -0.15) is 0 Å². The molecular formula is C17H16ClN3O. The molecule has 0 saturated carbocycles. The number of halogens is 1. The molecule has 0 atom stereocenters. The van der Waals surface area contributed by atoms with Crippen LogP contribution in [0.2, 0.25) is 5.02 Å². The topological polar surface area (TPSA) is 46.4 Å². The first kappa shape index (κ1) is 14.6. The molecule has 4 nitrogen and oxygen atoms in total. The van der Waals surface area contributed by atoms with E-state index in [0.717, 1.165) is 17.8 Å². The highest BCUT2D eigenvalue weighted by Crippen LogP contribution is 2.12. The predicted molar refractivity (Wildman–Crippen MR) is 87.2 cm³/mol. The van der Waals surface area contributed by atoms with Crippen LogP contribution < -0.4 is 5.32 Å². The molecule has 3 aromatic rings. The van der Waals surface area contributed by atoms with Crippen molar-refractivity contribution in [3.63, 3.8) is 0 Å². The van der Waals surface area contributed by atoms with E-state index >= 15 is 0 Å². The largest absolute Gasteiger partial charge is 0.346 e. The van der Waals surface area contributed by atoms with Crippen LogP contribution in [0.1, 0.15) is 28.5 Å². The average Bonchev–Trinajstić information content (AvgIpc) is 2.94. The number of benzene rings is 1. The Morgan fingerprint density at radius 1 is 1.18 bits per heavy atom. The van der Waals surface area contributed by atoms with Crippen LogP contribution in [0.25, 0.3) is 5.65 Å². The van der Waals surface area contributed by atoms with Gasteiger partial charge in [0.1, 0.15) is 5.65 Å². The number of carbonyl (C=O) groups excluding carboxylic acids is 1. The Bertz CT molecular complexity index is 808. The zero-order chi connectivity index (χ0) is 15.5. The third-order valence-corrected chi connectivity index (χ3v) is 3.74. The molecular weight excluding hydrogens is 298 g/mol. The van der Waals surface area contributed by atoms with Gasteiger partial charge in [-0.25, -0.2) is 4.98 Å². The molecule has 0 bridgehead atoms. The first-order chi connectivity index (χ1) is 10.7. The van der Waals surface area contributed by atoms with Gasteiger partial charge in [-0.3, -0.25) is 4.79 Å².